The largest absolute Gasteiger partial charge is 0.380 e. The van der Waals surface area contributed by atoms with Crippen molar-refractivity contribution >= 4 is 17.4 Å². The van der Waals surface area contributed by atoms with Crippen molar-refractivity contribution in [3.63, 3.8) is 0 Å². The Balaban J connectivity index is 2.08. The zero-order valence-electron chi connectivity index (χ0n) is 14.8. The zero-order valence-corrected chi connectivity index (χ0v) is 14.8. The standard InChI is InChI=1S/C18H28N4O/c1-12-10-18(2,3)21-16-7-6-13(9-15(12)16)8-14(23)11-22(5)17(19)20-4/h6-7,9,12,21H,8,10-11H2,1-5H3,(H2,19,20). The first kappa shape index (κ1) is 17.3. The Morgan fingerprint density at radius 1 is 1.48 bits per heavy atom. The van der Waals surface area contributed by atoms with Gasteiger partial charge in [-0.1, -0.05) is 19.1 Å². The molecule has 1 aliphatic rings. The summed E-state index contributed by atoms with van der Waals surface area (Å²) in [6, 6.07) is 6.30. The molecule has 0 amide bonds. The number of likely N-dealkylation sites (N-methyl/N-ethyl adjacent to an activating group) is 1. The number of carbonyl (C=O) groups is 1. The molecule has 0 saturated heterocycles. The van der Waals surface area contributed by atoms with Crippen LogP contribution in [0.1, 0.15) is 44.2 Å². The Morgan fingerprint density at radius 2 is 2.17 bits per heavy atom. The van der Waals surface area contributed by atoms with E-state index >= 15 is 0 Å². The minimum atomic E-state index is 0.115. The number of hydrogen-bond acceptors (Lipinski definition) is 3. The van der Waals surface area contributed by atoms with Crippen molar-refractivity contribution in [2.45, 2.75) is 45.1 Å². The summed E-state index contributed by atoms with van der Waals surface area (Å²) in [5, 5.41) is 3.58. The van der Waals surface area contributed by atoms with Gasteiger partial charge in [-0.2, -0.15) is 0 Å². The average Bonchev–Trinajstić information content (AvgIpc) is 2.45. The van der Waals surface area contributed by atoms with Gasteiger partial charge in [-0.05, 0) is 43.4 Å². The second-order valence-electron chi connectivity index (χ2n) is 7.19. The molecule has 1 heterocycles. The topological polar surface area (TPSA) is 70.7 Å². The number of carbonyl (C=O) groups excluding carboxylic acids is 1. The van der Waals surface area contributed by atoms with Crippen molar-refractivity contribution in [2.75, 3.05) is 26.0 Å². The van der Waals surface area contributed by atoms with Crippen LogP contribution in [0, 0.1) is 0 Å². The maximum Gasteiger partial charge on any atom is 0.191 e. The van der Waals surface area contributed by atoms with Crippen LogP contribution in [0.5, 0.6) is 0 Å². The van der Waals surface area contributed by atoms with Gasteiger partial charge in [-0.3, -0.25) is 9.79 Å². The van der Waals surface area contributed by atoms with E-state index in [0.29, 0.717) is 18.3 Å². The number of nitrogens with zero attached hydrogens (tertiary/aromatic N) is 2. The third-order valence-corrected chi connectivity index (χ3v) is 4.37. The van der Waals surface area contributed by atoms with E-state index in [2.05, 4.69) is 43.2 Å². The summed E-state index contributed by atoms with van der Waals surface area (Å²) in [5.74, 6) is 1.00. The highest BCUT2D eigenvalue weighted by Crippen LogP contribution is 2.38. The van der Waals surface area contributed by atoms with Gasteiger partial charge in [0.05, 0.1) is 6.54 Å². The monoisotopic (exact) mass is 316 g/mol. The van der Waals surface area contributed by atoms with Crippen LogP contribution < -0.4 is 11.1 Å². The second-order valence-corrected chi connectivity index (χ2v) is 7.19. The Morgan fingerprint density at radius 3 is 2.83 bits per heavy atom. The molecule has 5 heteroatoms. The van der Waals surface area contributed by atoms with Crippen LogP contribution in [0.4, 0.5) is 5.69 Å². The first-order chi connectivity index (χ1) is 10.7. The molecule has 23 heavy (non-hydrogen) atoms. The molecule has 5 nitrogen and oxygen atoms in total. The molecule has 0 bridgehead atoms. The summed E-state index contributed by atoms with van der Waals surface area (Å²) < 4.78 is 0. The number of aliphatic imine (C=N–C) groups is 1. The van der Waals surface area contributed by atoms with Gasteiger partial charge in [-0.25, -0.2) is 0 Å². The predicted molar refractivity (Wildman–Crippen MR) is 96.1 cm³/mol. The van der Waals surface area contributed by atoms with E-state index in [0.717, 1.165) is 12.0 Å². The van der Waals surface area contributed by atoms with Crippen LogP contribution in [0.3, 0.4) is 0 Å². The van der Waals surface area contributed by atoms with E-state index in [1.807, 2.05) is 6.07 Å². The van der Waals surface area contributed by atoms with Crippen molar-refractivity contribution in [3.05, 3.63) is 29.3 Å². The van der Waals surface area contributed by atoms with Gasteiger partial charge >= 0.3 is 0 Å². The van der Waals surface area contributed by atoms with E-state index in [-0.39, 0.29) is 17.9 Å². The molecule has 0 spiro atoms. The summed E-state index contributed by atoms with van der Waals surface area (Å²) in [6.45, 7) is 6.97. The van der Waals surface area contributed by atoms with Crippen LogP contribution in [0.25, 0.3) is 0 Å². The summed E-state index contributed by atoms with van der Waals surface area (Å²) in [5.41, 5.74) is 9.37. The van der Waals surface area contributed by atoms with Gasteiger partial charge in [-0.15, -0.1) is 0 Å². The number of fused-ring (bicyclic) bond motifs is 1. The lowest BCUT2D eigenvalue weighted by atomic mass is 9.81. The van der Waals surface area contributed by atoms with Crippen molar-refractivity contribution in [2.24, 2.45) is 10.7 Å². The fourth-order valence-corrected chi connectivity index (χ4v) is 3.33. The summed E-state index contributed by atoms with van der Waals surface area (Å²) in [7, 11) is 3.40. The maximum atomic E-state index is 12.2. The van der Waals surface area contributed by atoms with Crippen LogP contribution in [0.15, 0.2) is 23.2 Å². The smallest absolute Gasteiger partial charge is 0.191 e. The van der Waals surface area contributed by atoms with Crippen molar-refractivity contribution in [3.8, 4) is 0 Å². The fraction of sp³-hybridized carbons (Fsp3) is 0.556. The number of hydrogen-bond donors (Lipinski definition) is 2. The SMILES string of the molecule is CN=C(N)N(C)CC(=O)Cc1ccc2c(c1)C(C)CC(C)(C)N2. The number of benzene rings is 1. The second kappa shape index (κ2) is 6.60. The normalized spacial score (nSPS) is 19.7. The Labute approximate surface area is 139 Å². The van der Waals surface area contributed by atoms with E-state index in [9.17, 15) is 4.79 Å². The third kappa shape index (κ3) is 4.24. The fourth-order valence-electron chi connectivity index (χ4n) is 3.33. The molecule has 0 saturated carbocycles. The number of nitrogens with one attached hydrogen (secondary N) is 1. The van der Waals surface area contributed by atoms with Gasteiger partial charge in [0.15, 0.2) is 11.7 Å². The lowest BCUT2D eigenvalue weighted by molar-refractivity contribution is -0.118. The molecular formula is C18H28N4O. The minimum Gasteiger partial charge on any atom is -0.380 e. The molecule has 126 valence electrons. The maximum absolute atomic E-state index is 12.2. The van der Waals surface area contributed by atoms with Crippen LogP contribution in [0.2, 0.25) is 0 Å². The quantitative estimate of drug-likeness (QED) is 0.661. The molecule has 3 N–H and O–H groups in total. The molecule has 0 radical (unpaired) electrons. The highest BCUT2D eigenvalue weighted by atomic mass is 16.1. The molecule has 1 aromatic carbocycles. The number of rotatable bonds is 4. The van der Waals surface area contributed by atoms with E-state index in [1.54, 1.807) is 19.0 Å². The summed E-state index contributed by atoms with van der Waals surface area (Å²) in [6.07, 6.45) is 1.51. The minimum absolute atomic E-state index is 0.115. The zero-order chi connectivity index (χ0) is 17.2. The predicted octanol–water partition coefficient (Wildman–Crippen LogP) is 2.37. The van der Waals surface area contributed by atoms with Gasteiger partial charge < -0.3 is 16.0 Å². The van der Waals surface area contributed by atoms with E-state index in [4.69, 9.17) is 5.73 Å². The first-order valence-electron chi connectivity index (χ1n) is 8.08. The van der Waals surface area contributed by atoms with Gasteiger partial charge in [0.1, 0.15) is 0 Å². The molecule has 0 aromatic heterocycles. The number of Topliss-reactive ketones (excluding diaryl/α,β-unsaturated/α-hetero) is 1. The van der Waals surface area contributed by atoms with Gasteiger partial charge in [0.2, 0.25) is 0 Å². The summed E-state index contributed by atoms with van der Waals surface area (Å²) >= 11 is 0. The van der Waals surface area contributed by atoms with E-state index < -0.39 is 0 Å². The lowest BCUT2D eigenvalue weighted by Crippen LogP contribution is -2.38. The van der Waals surface area contributed by atoms with Crippen LogP contribution in [-0.2, 0) is 11.2 Å². The molecule has 1 aromatic rings. The molecule has 2 rings (SSSR count). The van der Waals surface area contributed by atoms with Gasteiger partial charge in [0.25, 0.3) is 0 Å². The third-order valence-electron chi connectivity index (χ3n) is 4.37. The Bertz CT molecular complexity index is 621. The summed E-state index contributed by atoms with van der Waals surface area (Å²) in [4.78, 5) is 17.8. The number of anilines is 1. The van der Waals surface area contributed by atoms with Crippen molar-refractivity contribution in [1.29, 1.82) is 0 Å². The lowest BCUT2D eigenvalue weighted by Gasteiger charge is -2.37. The van der Waals surface area contributed by atoms with Crippen molar-refractivity contribution in [1.82, 2.24) is 4.90 Å². The molecule has 0 fully saturated rings. The molecule has 1 atom stereocenters. The Hall–Kier alpha value is -2.04. The van der Waals surface area contributed by atoms with Crippen LogP contribution in [-0.4, -0.2) is 42.8 Å². The average molecular weight is 316 g/mol. The molecular weight excluding hydrogens is 288 g/mol. The molecule has 1 unspecified atom stereocenters. The first-order valence-corrected chi connectivity index (χ1v) is 8.08. The van der Waals surface area contributed by atoms with Crippen LogP contribution >= 0.6 is 0 Å². The van der Waals surface area contributed by atoms with E-state index in [1.165, 1.54) is 11.3 Å². The molecule has 1 aliphatic heterocycles. The molecule has 0 aliphatic carbocycles. The number of nitrogens with two attached hydrogens (primary N) is 1. The number of ketones is 1. The number of guanidine groups is 1. The highest BCUT2D eigenvalue weighted by molar-refractivity contribution is 5.88. The van der Waals surface area contributed by atoms with Crippen molar-refractivity contribution < 1.29 is 4.79 Å². The Kier molecular flexibility index (Phi) is 4.97. The highest BCUT2D eigenvalue weighted by Gasteiger charge is 2.29. The van der Waals surface area contributed by atoms with Gasteiger partial charge in [0, 0.05) is 31.7 Å².